The molecule has 0 radical (unpaired) electrons. The molecule has 0 bridgehead atoms. The summed E-state index contributed by atoms with van der Waals surface area (Å²) in [5, 5.41) is 7.15. The first-order valence-corrected chi connectivity index (χ1v) is 8.68. The Bertz CT molecular complexity index is 701. The van der Waals surface area contributed by atoms with Crippen LogP contribution in [0.2, 0.25) is 5.15 Å². The number of pyridine rings is 1. The molecule has 0 fully saturated rings. The topological polar surface area (TPSA) is 58.5 Å². The second kappa shape index (κ2) is 9.89. The van der Waals surface area contributed by atoms with E-state index in [4.69, 9.17) is 16.3 Å². The van der Waals surface area contributed by atoms with Gasteiger partial charge in [-0.2, -0.15) is 0 Å². The summed E-state index contributed by atoms with van der Waals surface area (Å²) in [7, 11) is 3.47. The van der Waals surface area contributed by atoms with E-state index in [1.807, 2.05) is 13.0 Å². The zero-order valence-corrected chi connectivity index (χ0v) is 15.7. The molecule has 6 heteroatoms. The SMILES string of the molecule is CN=C(NCCc1ccc(Cl)nc1)NCCc1ccc(C)c(OC)c1. The lowest BCUT2D eigenvalue weighted by atomic mass is 10.1. The second-order valence-corrected chi connectivity index (χ2v) is 6.11. The Balaban J connectivity index is 1.74. The van der Waals surface area contributed by atoms with E-state index in [2.05, 4.69) is 38.8 Å². The third kappa shape index (κ3) is 6.27. The standard InChI is InChI=1S/C19H25ClN4O/c1-14-4-5-15(12-17(14)25-3)8-10-22-19(21-2)23-11-9-16-6-7-18(20)24-13-16/h4-7,12-13H,8-11H2,1-3H3,(H2,21,22,23). The van der Waals surface area contributed by atoms with Crippen LogP contribution in [-0.2, 0) is 12.8 Å². The molecule has 0 amide bonds. The monoisotopic (exact) mass is 360 g/mol. The molecule has 2 aromatic rings. The third-order valence-corrected chi connectivity index (χ3v) is 4.12. The van der Waals surface area contributed by atoms with Gasteiger partial charge in [-0.3, -0.25) is 4.99 Å². The lowest BCUT2D eigenvalue weighted by Crippen LogP contribution is -2.39. The molecule has 0 atom stereocenters. The first kappa shape index (κ1) is 19.1. The number of nitrogens with zero attached hydrogens (tertiary/aromatic N) is 2. The summed E-state index contributed by atoms with van der Waals surface area (Å²) in [6.45, 7) is 3.62. The molecule has 2 N–H and O–H groups in total. The van der Waals surface area contributed by atoms with Crippen molar-refractivity contribution in [1.29, 1.82) is 0 Å². The zero-order chi connectivity index (χ0) is 18.1. The Hall–Kier alpha value is -2.27. The second-order valence-electron chi connectivity index (χ2n) is 5.72. The van der Waals surface area contributed by atoms with Gasteiger partial charge in [0.15, 0.2) is 5.96 Å². The molecule has 0 aliphatic heterocycles. The number of methoxy groups -OCH3 is 1. The predicted octanol–water partition coefficient (Wildman–Crippen LogP) is 3.00. The van der Waals surface area contributed by atoms with Crippen molar-refractivity contribution in [3.8, 4) is 5.75 Å². The maximum Gasteiger partial charge on any atom is 0.190 e. The number of hydrogen-bond acceptors (Lipinski definition) is 3. The number of rotatable bonds is 7. The highest BCUT2D eigenvalue weighted by molar-refractivity contribution is 6.29. The van der Waals surface area contributed by atoms with Gasteiger partial charge in [0.25, 0.3) is 0 Å². The number of aromatic nitrogens is 1. The summed E-state index contributed by atoms with van der Waals surface area (Å²) in [5.74, 6) is 1.72. The van der Waals surface area contributed by atoms with Crippen molar-refractivity contribution in [2.24, 2.45) is 4.99 Å². The van der Waals surface area contributed by atoms with Crippen LogP contribution in [0, 0.1) is 6.92 Å². The van der Waals surface area contributed by atoms with Crippen LogP contribution in [0.5, 0.6) is 5.75 Å². The Kier molecular flexibility index (Phi) is 7.54. The fraction of sp³-hybridized carbons (Fsp3) is 0.368. The molecule has 0 unspecified atom stereocenters. The van der Waals surface area contributed by atoms with Gasteiger partial charge in [0, 0.05) is 26.3 Å². The van der Waals surface area contributed by atoms with Gasteiger partial charge in [0.05, 0.1) is 7.11 Å². The lowest BCUT2D eigenvalue weighted by Gasteiger charge is -2.12. The number of benzene rings is 1. The summed E-state index contributed by atoms with van der Waals surface area (Å²) >= 11 is 5.79. The Morgan fingerprint density at radius 2 is 1.80 bits per heavy atom. The van der Waals surface area contributed by atoms with Crippen LogP contribution in [0.3, 0.4) is 0 Å². The highest BCUT2D eigenvalue weighted by Crippen LogP contribution is 2.18. The van der Waals surface area contributed by atoms with E-state index >= 15 is 0 Å². The molecule has 0 aliphatic carbocycles. The van der Waals surface area contributed by atoms with Crippen LogP contribution in [0.1, 0.15) is 16.7 Å². The first-order valence-electron chi connectivity index (χ1n) is 8.31. The Morgan fingerprint density at radius 1 is 1.12 bits per heavy atom. The first-order chi connectivity index (χ1) is 12.1. The van der Waals surface area contributed by atoms with Crippen LogP contribution >= 0.6 is 11.6 Å². The molecule has 0 aliphatic rings. The Labute approximate surface area is 154 Å². The zero-order valence-electron chi connectivity index (χ0n) is 15.0. The van der Waals surface area contributed by atoms with Crippen LogP contribution in [0.25, 0.3) is 0 Å². The van der Waals surface area contributed by atoms with Crippen molar-refractivity contribution in [1.82, 2.24) is 15.6 Å². The molecule has 25 heavy (non-hydrogen) atoms. The number of aryl methyl sites for hydroxylation is 1. The van der Waals surface area contributed by atoms with Crippen molar-refractivity contribution in [2.75, 3.05) is 27.2 Å². The molecule has 1 heterocycles. The van der Waals surface area contributed by atoms with Crippen molar-refractivity contribution < 1.29 is 4.74 Å². The van der Waals surface area contributed by atoms with Gasteiger partial charge >= 0.3 is 0 Å². The highest BCUT2D eigenvalue weighted by atomic mass is 35.5. The highest BCUT2D eigenvalue weighted by Gasteiger charge is 2.02. The molecule has 5 nitrogen and oxygen atoms in total. The molecule has 134 valence electrons. The normalized spacial score (nSPS) is 11.3. The van der Waals surface area contributed by atoms with Crippen molar-refractivity contribution >= 4 is 17.6 Å². The van der Waals surface area contributed by atoms with E-state index in [9.17, 15) is 0 Å². The number of nitrogens with one attached hydrogen (secondary N) is 2. The van der Waals surface area contributed by atoms with Gasteiger partial charge in [-0.25, -0.2) is 4.98 Å². The summed E-state index contributed by atoms with van der Waals surface area (Å²) in [5.41, 5.74) is 3.52. The quantitative estimate of drug-likeness (QED) is 0.452. The smallest absolute Gasteiger partial charge is 0.190 e. The lowest BCUT2D eigenvalue weighted by molar-refractivity contribution is 0.411. The van der Waals surface area contributed by atoms with Crippen LogP contribution < -0.4 is 15.4 Å². The molecular weight excluding hydrogens is 336 g/mol. The molecular formula is C19H25ClN4O. The van der Waals surface area contributed by atoms with Gasteiger partial charge in [-0.05, 0) is 48.6 Å². The molecule has 0 saturated heterocycles. The molecule has 2 rings (SSSR count). The maximum atomic E-state index is 5.79. The largest absolute Gasteiger partial charge is 0.496 e. The van der Waals surface area contributed by atoms with Crippen molar-refractivity contribution in [2.45, 2.75) is 19.8 Å². The minimum Gasteiger partial charge on any atom is -0.496 e. The Morgan fingerprint density at radius 3 is 2.40 bits per heavy atom. The fourth-order valence-electron chi connectivity index (χ4n) is 2.45. The summed E-state index contributed by atoms with van der Waals surface area (Å²) < 4.78 is 5.37. The number of guanidine groups is 1. The van der Waals surface area contributed by atoms with E-state index in [-0.39, 0.29) is 0 Å². The van der Waals surface area contributed by atoms with E-state index in [0.29, 0.717) is 5.15 Å². The van der Waals surface area contributed by atoms with Gasteiger partial charge in [-0.15, -0.1) is 0 Å². The maximum absolute atomic E-state index is 5.79. The molecule has 1 aromatic carbocycles. The van der Waals surface area contributed by atoms with Crippen LogP contribution in [-0.4, -0.2) is 38.2 Å². The predicted molar refractivity (Wildman–Crippen MR) is 104 cm³/mol. The van der Waals surface area contributed by atoms with Crippen molar-refractivity contribution in [3.05, 3.63) is 58.4 Å². The van der Waals surface area contributed by atoms with E-state index in [0.717, 1.165) is 48.8 Å². The number of aliphatic imine (C=N–C) groups is 1. The minimum atomic E-state index is 0.516. The van der Waals surface area contributed by atoms with Gasteiger partial charge in [0.1, 0.15) is 10.9 Å². The minimum absolute atomic E-state index is 0.516. The van der Waals surface area contributed by atoms with Crippen LogP contribution in [0.4, 0.5) is 0 Å². The fourth-order valence-corrected chi connectivity index (χ4v) is 2.56. The molecule has 0 saturated carbocycles. The number of ether oxygens (including phenoxy) is 1. The average molecular weight is 361 g/mol. The molecule has 1 aromatic heterocycles. The number of hydrogen-bond donors (Lipinski definition) is 2. The van der Waals surface area contributed by atoms with E-state index in [1.54, 1.807) is 26.4 Å². The number of halogens is 1. The summed E-state index contributed by atoms with van der Waals surface area (Å²) in [6, 6.07) is 10.1. The van der Waals surface area contributed by atoms with Gasteiger partial charge < -0.3 is 15.4 Å². The summed E-state index contributed by atoms with van der Waals surface area (Å²) in [4.78, 5) is 8.33. The van der Waals surface area contributed by atoms with Gasteiger partial charge in [-0.1, -0.05) is 29.8 Å². The van der Waals surface area contributed by atoms with E-state index < -0.39 is 0 Å². The summed E-state index contributed by atoms with van der Waals surface area (Å²) in [6.07, 6.45) is 3.56. The molecule has 0 spiro atoms. The third-order valence-electron chi connectivity index (χ3n) is 3.90. The van der Waals surface area contributed by atoms with E-state index in [1.165, 1.54) is 5.56 Å². The van der Waals surface area contributed by atoms with Crippen LogP contribution in [0.15, 0.2) is 41.5 Å². The van der Waals surface area contributed by atoms with Gasteiger partial charge in [0.2, 0.25) is 0 Å². The van der Waals surface area contributed by atoms with Crippen molar-refractivity contribution in [3.63, 3.8) is 0 Å². The average Bonchev–Trinajstić information content (AvgIpc) is 2.63.